The largest absolute Gasteiger partial charge is 2.00 e. The van der Waals surface area contributed by atoms with Gasteiger partial charge in [0.25, 0.3) is 0 Å². The Labute approximate surface area is 337 Å². The van der Waals surface area contributed by atoms with E-state index in [0.717, 1.165) is 17.9 Å². The number of aryl methyl sites for hydroxylation is 8. The van der Waals surface area contributed by atoms with E-state index < -0.39 is 15.8 Å². The van der Waals surface area contributed by atoms with E-state index in [1.807, 2.05) is 0 Å². The monoisotopic (exact) mass is 790 g/mol. The van der Waals surface area contributed by atoms with Crippen molar-refractivity contribution in [2.24, 2.45) is 0 Å². The van der Waals surface area contributed by atoms with Crippen molar-refractivity contribution < 1.29 is 26.5 Å². The molecular formula is C48H64FeO2P2. The average Bonchev–Trinajstić information content (AvgIpc) is 3.77. The first-order chi connectivity index (χ1) is 23.9. The Morgan fingerprint density at radius 2 is 0.887 bits per heavy atom. The molecule has 0 heterocycles. The normalized spacial score (nSPS) is 13.9. The van der Waals surface area contributed by atoms with Crippen LogP contribution in [-0.4, -0.2) is 19.9 Å². The van der Waals surface area contributed by atoms with Gasteiger partial charge in [0.2, 0.25) is 0 Å². The second-order valence-corrected chi connectivity index (χ2v) is 19.3. The molecule has 0 radical (unpaired) electrons. The van der Waals surface area contributed by atoms with Crippen LogP contribution in [0.2, 0.25) is 0 Å². The zero-order valence-corrected chi connectivity index (χ0v) is 37.7. The minimum atomic E-state index is -0.732. The first-order valence-corrected chi connectivity index (χ1v) is 21.1. The van der Waals surface area contributed by atoms with Crippen molar-refractivity contribution in [3.8, 4) is 11.5 Å². The maximum Gasteiger partial charge on any atom is 2.00 e. The van der Waals surface area contributed by atoms with E-state index in [9.17, 15) is 0 Å². The molecule has 0 bridgehead atoms. The summed E-state index contributed by atoms with van der Waals surface area (Å²) in [6, 6.07) is 24.0. The second kappa shape index (κ2) is 20.9. The molecule has 4 aromatic carbocycles. The van der Waals surface area contributed by atoms with Gasteiger partial charge in [-0.05, 0) is 183 Å². The molecule has 6 rings (SSSR count). The van der Waals surface area contributed by atoms with Gasteiger partial charge in [-0.1, -0.05) is 83.3 Å². The zero-order valence-electron chi connectivity index (χ0n) is 34.8. The summed E-state index contributed by atoms with van der Waals surface area (Å²) < 4.78 is 11.6. The van der Waals surface area contributed by atoms with Crippen LogP contribution >= 0.6 is 15.8 Å². The van der Waals surface area contributed by atoms with Gasteiger partial charge in [0, 0.05) is 5.66 Å². The predicted molar refractivity (Wildman–Crippen MR) is 235 cm³/mol. The summed E-state index contributed by atoms with van der Waals surface area (Å²) in [6.07, 6.45) is 12.0. The third kappa shape index (κ3) is 11.0. The number of methoxy groups -OCH3 is 2. The third-order valence-corrected chi connectivity index (χ3v) is 15.4. The van der Waals surface area contributed by atoms with Crippen molar-refractivity contribution in [3.05, 3.63) is 143 Å². The quantitative estimate of drug-likeness (QED) is 0.0728. The van der Waals surface area contributed by atoms with Crippen LogP contribution in [0.1, 0.15) is 90.0 Å². The number of rotatable bonds is 9. The SMILES string of the molecule is C1=CCCC1.COc1c(C)cc(P(C2=C([C@H](C)P(c3cc(C)cc(C)c3)c3cc(C)cc(C)c3)CCC2)c2cc(C)c(OC)c(C)c2)cc1C.[CH3-].[CH3-].[Fe+2]. The molecule has 286 valence electrons. The van der Waals surface area contributed by atoms with Gasteiger partial charge < -0.3 is 24.3 Å². The van der Waals surface area contributed by atoms with E-state index in [1.54, 1.807) is 25.1 Å². The van der Waals surface area contributed by atoms with Crippen LogP contribution in [0.25, 0.3) is 0 Å². The minimum Gasteiger partial charge on any atom is -0.496 e. The van der Waals surface area contributed by atoms with Gasteiger partial charge in [-0.15, -0.1) is 0 Å². The third-order valence-electron chi connectivity index (χ3n) is 10.1. The van der Waals surface area contributed by atoms with Crippen LogP contribution in [0.3, 0.4) is 0 Å². The Kier molecular flexibility index (Phi) is 18.3. The van der Waals surface area contributed by atoms with Gasteiger partial charge in [-0.25, -0.2) is 0 Å². The predicted octanol–water partition coefficient (Wildman–Crippen LogP) is 12.2. The standard InChI is InChI=1S/C41H50O2P2.C5H8.2CH3.Fe/c1-25-15-26(2)18-34(17-25)44(35-19-27(3)16-28(4)20-35)33(9)38-13-12-14-39(38)45(36-21-29(5)40(42-10)30(6)22-36)37-23-31(7)41(43-11)32(8)24-37;1-2-4-5-3-1;;;/h15-24,33H,12-14H2,1-11H3;1-2H,3-5H2;2*1H3;/q;;2*-1;+2/t33-;;;;/m0..../s1. The van der Waals surface area contributed by atoms with Gasteiger partial charge >= 0.3 is 17.1 Å². The average molecular weight is 791 g/mol. The van der Waals surface area contributed by atoms with Crippen LogP contribution in [0.5, 0.6) is 11.5 Å². The van der Waals surface area contributed by atoms with E-state index in [4.69, 9.17) is 9.47 Å². The molecule has 0 saturated heterocycles. The van der Waals surface area contributed by atoms with Gasteiger partial charge in [-0.3, -0.25) is 0 Å². The summed E-state index contributed by atoms with van der Waals surface area (Å²) in [5, 5.41) is 7.51. The van der Waals surface area contributed by atoms with E-state index >= 15 is 0 Å². The van der Waals surface area contributed by atoms with Crippen LogP contribution in [-0.2, 0) is 17.1 Å². The smallest absolute Gasteiger partial charge is 0.496 e. The number of benzene rings is 4. The summed E-state index contributed by atoms with van der Waals surface area (Å²) >= 11 is 0. The fourth-order valence-electron chi connectivity index (χ4n) is 8.20. The Bertz CT molecular complexity index is 1700. The van der Waals surface area contributed by atoms with Crippen molar-refractivity contribution in [3.63, 3.8) is 0 Å². The summed E-state index contributed by atoms with van der Waals surface area (Å²) in [6.45, 7) is 20.3. The van der Waals surface area contributed by atoms with Gasteiger partial charge in [0.15, 0.2) is 0 Å². The molecule has 1 atom stereocenters. The van der Waals surface area contributed by atoms with Crippen LogP contribution in [0, 0.1) is 70.2 Å². The molecule has 0 amide bonds. The molecule has 0 spiro atoms. The molecule has 0 saturated carbocycles. The molecule has 2 aliphatic rings. The topological polar surface area (TPSA) is 18.5 Å². The van der Waals surface area contributed by atoms with Crippen LogP contribution in [0.4, 0.5) is 0 Å². The first kappa shape index (κ1) is 46.5. The maximum atomic E-state index is 5.82. The molecule has 0 aromatic heterocycles. The number of hydrogen-bond donors (Lipinski definition) is 0. The van der Waals surface area contributed by atoms with Crippen molar-refractivity contribution in [2.45, 2.75) is 106 Å². The molecule has 2 nitrogen and oxygen atoms in total. The molecule has 2 aliphatic carbocycles. The molecule has 0 aliphatic heterocycles. The Balaban J connectivity index is 0.00000112. The van der Waals surface area contributed by atoms with Crippen LogP contribution < -0.4 is 30.7 Å². The zero-order chi connectivity index (χ0) is 36.1. The number of ether oxygens (including phenoxy) is 2. The van der Waals surface area contributed by atoms with E-state index in [0.29, 0.717) is 5.66 Å². The van der Waals surface area contributed by atoms with Crippen molar-refractivity contribution in [1.29, 1.82) is 0 Å². The minimum absolute atomic E-state index is 0. The fourth-order valence-corrected chi connectivity index (χ4v) is 14.6. The summed E-state index contributed by atoms with van der Waals surface area (Å²) in [5.41, 5.74) is 12.4. The molecule has 53 heavy (non-hydrogen) atoms. The summed E-state index contributed by atoms with van der Waals surface area (Å²) in [7, 11) is 2.24. The van der Waals surface area contributed by atoms with Crippen LogP contribution in [0.15, 0.2) is 83.7 Å². The van der Waals surface area contributed by atoms with E-state index in [-0.39, 0.29) is 31.9 Å². The summed E-state index contributed by atoms with van der Waals surface area (Å²) in [4.78, 5) is 0. The Morgan fingerprint density at radius 3 is 1.21 bits per heavy atom. The Morgan fingerprint density at radius 1 is 0.509 bits per heavy atom. The molecule has 0 N–H and O–H groups in total. The van der Waals surface area contributed by atoms with Gasteiger partial charge in [-0.2, -0.15) is 0 Å². The van der Waals surface area contributed by atoms with E-state index in [2.05, 4.69) is 135 Å². The molecule has 5 heteroatoms. The van der Waals surface area contributed by atoms with Crippen molar-refractivity contribution in [2.75, 3.05) is 14.2 Å². The summed E-state index contributed by atoms with van der Waals surface area (Å²) in [5.74, 6) is 2.00. The molecule has 4 aromatic rings. The number of allylic oxidation sites excluding steroid dienone is 4. The molecule has 0 fully saturated rings. The fraction of sp³-hybridized carbons (Fsp3) is 0.375. The first-order valence-electron chi connectivity index (χ1n) is 18.3. The number of hydrogen-bond acceptors (Lipinski definition) is 2. The van der Waals surface area contributed by atoms with Gasteiger partial charge in [0.05, 0.1) is 14.2 Å². The van der Waals surface area contributed by atoms with Gasteiger partial charge in [0.1, 0.15) is 11.5 Å². The van der Waals surface area contributed by atoms with Crippen molar-refractivity contribution in [1.82, 2.24) is 0 Å². The second-order valence-electron chi connectivity index (χ2n) is 14.5. The maximum absolute atomic E-state index is 5.82. The molecule has 0 unspecified atom stereocenters. The van der Waals surface area contributed by atoms with E-state index in [1.165, 1.54) is 97.8 Å². The van der Waals surface area contributed by atoms with Crippen molar-refractivity contribution >= 4 is 37.1 Å². The molecular weight excluding hydrogens is 726 g/mol. The Hall–Kier alpha value is -2.66.